The number of rotatable bonds is 4. The molecular weight excluding hydrogens is 316 g/mol. The lowest BCUT2D eigenvalue weighted by molar-refractivity contribution is -0.268. The summed E-state index contributed by atoms with van der Waals surface area (Å²) in [6, 6.07) is 10.6. The van der Waals surface area contributed by atoms with Crippen LogP contribution in [0, 0.1) is 5.82 Å². The number of hydrogen-bond acceptors (Lipinski definition) is 3. The molecule has 0 amide bonds. The minimum atomic E-state index is -5.14. The first-order valence-electron chi connectivity index (χ1n) is 6.53. The molecule has 0 spiro atoms. The molecule has 7 heteroatoms. The summed E-state index contributed by atoms with van der Waals surface area (Å²) in [6.45, 7) is 0. The molecule has 0 aliphatic carbocycles. The molecule has 0 aromatic heterocycles. The summed E-state index contributed by atoms with van der Waals surface area (Å²) in [5, 5.41) is 10.0. The number of carbonyl (C=O) groups excluding carboxylic acids is 1. The highest BCUT2D eigenvalue weighted by molar-refractivity contribution is 5.74. The molecule has 0 saturated heterocycles. The van der Waals surface area contributed by atoms with Crippen LogP contribution < -0.4 is 4.74 Å². The summed E-state index contributed by atoms with van der Waals surface area (Å²) in [7, 11) is 0. The van der Waals surface area contributed by atoms with Gasteiger partial charge in [0.15, 0.2) is 5.60 Å². The van der Waals surface area contributed by atoms with Crippen LogP contribution in [0.2, 0.25) is 0 Å². The molecule has 122 valence electrons. The van der Waals surface area contributed by atoms with Crippen molar-refractivity contribution in [1.29, 1.82) is 0 Å². The van der Waals surface area contributed by atoms with E-state index in [-0.39, 0.29) is 5.75 Å². The molecule has 3 nitrogen and oxygen atoms in total. The second-order valence-corrected chi connectivity index (χ2v) is 4.83. The third-order valence-electron chi connectivity index (χ3n) is 3.17. The van der Waals surface area contributed by atoms with E-state index in [1.807, 2.05) is 0 Å². The molecule has 0 aliphatic rings. The van der Waals surface area contributed by atoms with E-state index < -0.39 is 35.5 Å². The van der Waals surface area contributed by atoms with Crippen molar-refractivity contribution in [2.75, 3.05) is 0 Å². The molecule has 0 saturated carbocycles. The molecular formula is C16H12F4O3. The minimum Gasteiger partial charge on any atom is -0.426 e. The molecule has 0 aliphatic heterocycles. The lowest BCUT2D eigenvalue weighted by Gasteiger charge is -2.30. The van der Waals surface area contributed by atoms with Crippen molar-refractivity contribution in [2.24, 2.45) is 0 Å². The Balaban J connectivity index is 2.25. The van der Waals surface area contributed by atoms with E-state index in [4.69, 9.17) is 4.74 Å². The summed E-state index contributed by atoms with van der Waals surface area (Å²) >= 11 is 0. The molecule has 2 aromatic rings. The lowest BCUT2D eigenvalue weighted by atomic mass is 9.89. The second kappa shape index (κ2) is 6.37. The molecule has 0 bridgehead atoms. The molecule has 0 fully saturated rings. The van der Waals surface area contributed by atoms with E-state index in [9.17, 15) is 27.5 Å². The molecule has 2 aromatic carbocycles. The Kier molecular flexibility index (Phi) is 4.70. The van der Waals surface area contributed by atoms with Crippen molar-refractivity contribution in [3.8, 4) is 5.75 Å². The van der Waals surface area contributed by atoms with E-state index in [2.05, 4.69) is 0 Å². The van der Waals surface area contributed by atoms with Crippen molar-refractivity contribution >= 4 is 5.97 Å². The summed E-state index contributed by atoms with van der Waals surface area (Å²) in [6.07, 6.45) is -6.49. The molecule has 0 heterocycles. The van der Waals surface area contributed by atoms with Crippen molar-refractivity contribution < 1.29 is 32.2 Å². The van der Waals surface area contributed by atoms with Gasteiger partial charge in [-0.15, -0.1) is 0 Å². The first kappa shape index (κ1) is 17.0. The summed E-state index contributed by atoms with van der Waals surface area (Å²) in [5.41, 5.74) is -4.11. The predicted octanol–water partition coefficient (Wildman–Crippen LogP) is 3.57. The average molecular weight is 328 g/mol. The number of esters is 1. The van der Waals surface area contributed by atoms with Crippen molar-refractivity contribution in [3.63, 3.8) is 0 Å². The largest absolute Gasteiger partial charge is 0.426 e. The van der Waals surface area contributed by atoms with Gasteiger partial charge in [-0.25, -0.2) is 4.39 Å². The monoisotopic (exact) mass is 328 g/mol. The van der Waals surface area contributed by atoms with Gasteiger partial charge in [0, 0.05) is 0 Å². The highest BCUT2D eigenvalue weighted by atomic mass is 19.4. The zero-order valence-corrected chi connectivity index (χ0v) is 11.7. The van der Waals surface area contributed by atoms with Gasteiger partial charge in [-0.3, -0.25) is 4.79 Å². The van der Waals surface area contributed by atoms with Gasteiger partial charge in [0.1, 0.15) is 11.6 Å². The van der Waals surface area contributed by atoms with Gasteiger partial charge in [-0.1, -0.05) is 30.3 Å². The van der Waals surface area contributed by atoms with Crippen LogP contribution in [0.3, 0.4) is 0 Å². The van der Waals surface area contributed by atoms with Gasteiger partial charge >= 0.3 is 12.1 Å². The third kappa shape index (κ3) is 3.87. The van der Waals surface area contributed by atoms with Gasteiger partial charge in [0.05, 0.1) is 6.42 Å². The molecule has 1 N–H and O–H groups in total. The van der Waals surface area contributed by atoms with Crippen molar-refractivity contribution in [3.05, 3.63) is 66.0 Å². The van der Waals surface area contributed by atoms with E-state index in [1.165, 1.54) is 12.1 Å². The van der Waals surface area contributed by atoms with E-state index in [0.29, 0.717) is 0 Å². The Morgan fingerprint density at radius 1 is 1.00 bits per heavy atom. The van der Waals surface area contributed by atoms with Crippen molar-refractivity contribution in [2.45, 2.75) is 18.2 Å². The number of benzene rings is 2. The molecule has 23 heavy (non-hydrogen) atoms. The van der Waals surface area contributed by atoms with Gasteiger partial charge in [-0.2, -0.15) is 13.2 Å². The number of aliphatic hydroxyl groups is 1. The average Bonchev–Trinajstić information content (AvgIpc) is 2.47. The molecule has 0 radical (unpaired) electrons. The standard InChI is InChI=1S/C16H12F4O3/c17-12-8-6-11(7-9-12)15(22,16(18,19)20)10-14(21)23-13-4-2-1-3-5-13/h1-9,22H,10H2. The van der Waals surface area contributed by atoms with Crippen LogP contribution in [-0.2, 0) is 10.4 Å². The van der Waals surface area contributed by atoms with Crippen LogP contribution >= 0.6 is 0 Å². The Bertz CT molecular complexity index is 668. The number of hydrogen-bond donors (Lipinski definition) is 1. The fourth-order valence-electron chi connectivity index (χ4n) is 1.96. The van der Waals surface area contributed by atoms with Gasteiger partial charge in [0.25, 0.3) is 0 Å². The molecule has 1 atom stereocenters. The Hall–Kier alpha value is -2.41. The summed E-state index contributed by atoms with van der Waals surface area (Å²) < 4.78 is 57.4. The number of halogens is 4. The zero-order chi connectivity index (χ0) is 17.1. The Morgan fingerprint density at radius 3 is 2.09 bits per heavy atom. The van der Waals surface area contributed by atoms with E-state index in [1.54, 1.807) is 18.2 Å². The van der Waals surface area contributed by atoms with E-state index >= 15 is 0 Å². The molecule has 1 unspecified atom stereocenters. The highest BCUT2D eigenvalue weighted by Gasteiger charge is 2.56. The molecule has 2 rings (SSSR count). The fourth-order valence-corrected chi connectivity index (χ4v) is 1.96. The maximum atomic E-state index is 13.2. The summed E-state index contributed by atoms with van der Waals surface area (Å²) in [4.78, 5) is 11.8. The maximum absolute atomic E-state index is 13.2. The van der Waals surface area contributed by atoms with Crippen LogP contribution in [0.15, 0.2) is 54.6 Å². The van der Waals surface area contributed by atoms with Gasteiger partial charge < -0.3 is 9.84 Å². The minimum absolute atomic E-state index is 0.0566. The number of para-hydroxylation sites is 1. The number of alkyl halides is 3. The fraction of sp³-hybridized carbons (Fsp3) is 0.188. The summed E-state index contributed by atoms with van der Waals surface area (Å²) in [5.74, 6) is -1.97. The quantitative estimate of drug-likeness (QED) is 0.530. The third-order valence-corrected chi connectivity index (χ3v) is 3.17. The van der Waals surface area contributed by atoms with Crippen LogP contribution in [0.25, 0.3) is 0 Å². The number of carbonyl (C=O) groups is 1. The first-order valence-corrected chi connectivity index (χ1v) is 6.53. The Labute approximate surface area is 129 Å². The first-order chi connectivity index (χ1) is 10.7. The zero-order valence-electron chi connectivity index (χ0n) is 11.7. The van der Waals surface area contributed by atoms with Crippen molar-refractivity contribution in [1.82, 2.24) is 0 Å². The van der Waals surface area contributed by atoms with Crippen LogP contribution in [0.4, 0.5) is 17.6 Å². The highest BCUT2D eigenvalue weighted by Crippen LogP contribution is 2.41. The van der Waals surface area contributed by atoms with Gasteiger partial charge in [-0.05, 0) is 29.8 Å². The van der Waals surface area contributed by atoms with Crippen LogP contribution in [0.1, 0.15) is 12.0 Å². The Morgan fingerprint density at radius 2 is 1.57 bits per heavy atom. The smallest absolute Gasteiger partial charge is 0.422 e. The SMILES string of the molecule is O=C(CC(O)(c1ccc(F)cc1)C(F)(F)F)Oc1ccccc1. The normalized spacial score (nSPS) is 14.1. The van der Waals surface area contributed by atoms with Crippen LogP contribution in [0.5, 0.6) is 5.75 Å². The topological polar surface area (TPSA) is 46.5 Å². The maximum Gasteiger partial charge on any atom is 0.422 e. The lowest BCUT2D eigenvalue weighted by Crippen LogP contribution is -2.44. The predicted molar refractivity (Wildman–Crippen MR) is 73.0 cm³/mol. The van der Waals surface area contributed by atoms with Crippen LogP contribution in [-0.4, -0.2) is 17.3 Å². The number of ether oxygens (including phenoxy) is 1. The second-order valence-electron chi connectivity index (χ2n) is 4.83. The van der Waals surface area contributed by atoms with E-state index in [0.717, 1.165) is 24.3 Å². The van der Waals surface area contributed by atoms with Gasteiger partial charge in [0.2, 0.25) is 0 Å².